The number of aliphatic hydroxyl groups excluding tert-OH is 2. The van der Waals surface area contributed by atoms with E-state index in [2.05, 4.69) is 14.2 Å². The Morgan fingerprint density at radius 2 is 2.20 bits per heavy atom. The van der Waals surface area contributed by atoms with Crippen molar-refractivity contribution in [2.24, 2.45) is 0 Å². The molecule has 5 atom stereocenters. The first-order valence-corrected chi connectivity index (χ1v) is 6.39. The van der Waals surface area contributed by atoms with Gasteiger partial charge in [0.1, 0.15) is 24.6 Å². The van der Waals surface area contributed by atoms with Gasteiger partial charge >= 0.3 is 17.1 Å². The highest BCUT2D eigenvalue weighted by molar-refractivity contribution is 7.74. The average Bonchev–Trinajstić information content (AvgIpc) is 2.64. The fourth-order valence-electron chi connectivity index (χ4n) is 1.75. The fourth-order valence-corrected chi connectivity index (χ4v) is 2.00. The van der Waals surface area contributed by atoms with Crippen molar-refractivity contribution in [1.82, 2.24) is 14.5 Å². The molecule has 112 valence electrons. The van der Waals surface area contributed by atoms with E-state index in [1.54, 1.807) is 0 Å². The second-order valence-electron chi connectivity index (χ2n) is 3.95. The van der Waals surface area contributed by atoms with Gasteiger partial charge in [-0.15, -0.1) is 0 Å². The molecule has 1 aromatic heterocycles. The van der Waals surface area contributed by atoms with E-state index in [1.165, 1.54) is 0 Å². The van der Waals surface area contributed by atoms with Crippen molar-refractivity contribution in [1.29, 1.82) is 0 Å². The number of aromatic nitrogens is 3. The van der Waals surface area contributed by atoms with Crippen molar-refractivity contribution in [3.8, 4) is 0 Å². The molecule has 1 aromatic rings. The van der Waals surface area contributed by atoms with Gasteiger partial charge in [0.05, 0.1) is 6.61 Å². The second kappa shape index (κ2) is 5.90. The number of anilines is 1. The smallest absolute Gasteiger partial charge is 0.354 e. The standard InChI is InChI=1S/C8H12N4O7S/c9-7-10-2-12(8(15)11-7)6-5(14)4(13)3(19-6)1-18-20(16)17/h2-6,13-14H,1H2,(H,16,17)(H2,9,11,15)/t3-,4-,5-,6-/m1/s1. The molecular weight excluding hydrogens is 296 g/mol. The highest BCUT2D eigenvalue weighted by Crippen LogP contribution is 2.28. The van der Waals surface area contributed by atoms with Crippen LogP contribution in [0.4, 0.5) is 5.95 Å². The Morgan fingerprint density at radius 3 is 2.80 bits per heavy atom. The quantitative estimate of drug-likeness (QED) is 0.420. The van der Waals surface area contributed by atoms with Crippen LogP contribution in [0.5, 0.6) is 0 Å². The number of hydrogen-bond acceptors (Lipinski definition) is 9. The Hall–Kier alpha value is -1.44. The maximum atomic E-state index is 11.6. The van der Waals surface area contributed by atoms with Crippen molar-refractivity contribution in [3.63, 3.8) is 0 Å². The lowest BCUT2D eigenvalue weighted by atomic mass is 10.1. The Kier molecular flexibility index (Phi) is 4.42. The number of nitrogen functional groups attached to an aromatic ring is 1. The lowest BCUT2D eigenvalue weighted by Gasteiger charge is -2.16. The summed E-state index contributed by atoms with van der Waals surface area (Å²) < 4.78 is 29.3. The van der Waals surface area contributed by atoms with E-state index in [0.29, 0.717) is 0 Å². The second-order valence-corrected chi connectivity index (χ2v) is 4.62. The Balaban J connectivity index is 2.17. The van der Waals surface area contributed by atoms with E-state index in [0.717, 1.165) is 10.9 Å². The minimum Gasteiger partial charge on any atom is -0.387 e. The molecule has 5 N–H and O–H groups in total. The molecule has 1 fully saturated rings. The van der Waals surface area contributed by atoms with E-state index in [9.17, 15) is 19.2 Å². The first-order valence-electron chi connectivity index (χ1n) is 5.36. The first-order chi connectivity index (χ1) is 9.40. The number of nitrogens with two attached hydrogens (primary N) is 1. The van der Waals surface area contributed by atoms with Crippen LogP contribution in [0.25, 0.3) is 0 Å². The third-order valence-electron chi connectivity index (χ3n) is 2.69. The van der Waals surface area contributed by atoms with Gasteiger partial charge in [-0.3, -0.25) is 13.3 Å². The number of hydrogen-bond donors (Lipinski definition) is 4. The maximum absolute atomic E-state index is 11.6. The van der Waals surface area contributed by atoms with Crippen LogP contribution in [0.15, 0.2) is 11.1 Å². The number of ether oxygens (including phenoxy) is 1. The van der Waals surface area contributed by atoms with Gasteiger partial charge in [0.2, 0.25) is 5.95 Å². The molecule has 0 radical (unpaired) electrons. The third kappa shape index (κ3) is 3.00. The molecule has 2 heterocycles. The first kappa shape index (κ1) is 15.0. The SMILES string of the molecule is Nc1ncn([C@@H]2O[C@H](COS(=O)O)[C@@H](O)[C@H]2O)c(=O)n1. The van der Waals surface area contributed by atoms with Gasteiger partial charge in [0, 0.05) is 0 Å². The van der Waals surface area contributed by atoms with E-state index in [1.807, 2.05) is 0 Å². The average molecular weight is 308 g/mol. The predicted octanol–water partition coefficient (Wildman–Crippen LogP) is -3.01. The molecule has 0 amide bonds. The molecule has 0 bridgehead atoms. The normalized spacial score (nSPS) is 31.4. The van der Waals surface area contributed by atoms with Crippen LogP contribution in [0.2, 0.25) is 0 Å². The van der Waals surface area contributed by atoms with Crippen LogP contribution >= 0.6 is 0 Å². The molecule has 0 aliphatic carbocycles. The molecule has 11 nitrogen and oxygen atoms in total. The summed E-state index contributed by atoms with van der Waals surface area (Å²) in [7, 11) is 0. The molecule has 12 heteroatoms. The van der Waals surface area contributed by atoms with Crippen LogP contribution < -0.4 is 11.4 Å². The molecule has 2 rings (SSSR count). The zero-order chi connectivity index (χ0) is 14.9. The van der Waals surface area contributed by atoms with Crippen LogP contribution in [-0.2, 0) is 20.3 Å². The topological polar surface area (TPSA) is 170 Å². The molecule has 20 heavy (non-hydrogen) atoms. The molecule has 0 spiro atoms. The largest absolute Gasteiger partial charge is 0.387 e. The minimum absolute atomic E-state index is 0.241. The van der Waals surface area contributed by atoms with Crippen LogP contribution in [-0.4, -0.2) is 58.4 Å². The van der Waals surface area contributed by atoms with Gasteiger partial charge < -0.3 is 20.7 Å². The summed E-state index contributed by atoms with van der Waals surface area (Å²) in [5.74, 6) is -0.241. The Bertz CT molecular complexity index is 566. The third-order valence-corrected chi connectivity index (χ3v) is 3.03. The molecule has 1 saturated heterocycles. The van der Waals surface area contributed by atoms with Gasteiger partial charge in [-0.1, -0.05) is 0 Å². The fraction of sp³-hybridized carbons (Fsp3) is 0.625. The van der Waals surface area contributed by atoms with Crippen LogP contribution in [0.1, 0.15) is 6.23 Å². The predicted molar refractivity (Wildman–Crippen MR) is 63.4 cm³/mol. The summed E-state index contributed by atoms with van der Waals surface area (Å²) >= 11 is -2.53. The minimum atomic E-state index is -2.53. The molecule has 1 aliphatic rings. The maximum Gasteiger partial charge on any atom is 0.354 e. The molecular formula is C8H12N4O7S. The van der Waals surface area contributed by atoms with Gasteiger partial charge in [-0.05, 0) is 0 Å². The van der Waals surface area contributed by atoms with E-state index in [4.69, 9.17) is 15.0 Å². The molecule has 0 saturated carbocycles. The van der Waals surface area contributed by atoms with Crippen LogP contribution in [0.3, 0.4) is 0 Å². The van der Waals surface area contributed by atoms with E-state index >= 15 is 0 Å². The van der Waals surface area contributed by atoms with Crippen molar-refractivity contribution in [3.05, 3.63) is 16.8 Å². The van der Waals surface area contributed by atoms with Crippen molar-refractivity contribution < 1.29 is 27.9 Å². The summed E-state index contributed by atoms with van der Waals surface area (Å²) in [5, 5.41) is 19.6. The Morgan fingerprint density at radius 1 is 1.50 bits per heavy atom. The summed E-state index contributed by atoms with van der Waals surface area (Å²) in [6, 6.07) is 0. The molecule has 0 aromatic carbocycles. The van der Waals surface area contributed by atoms with Crippen molar-refractivity contribution >= 4 is 17.3 Å². The van der Waals surface area contributed by atoms with E-state index < -0.39 is 48.2 Å². The highest BCUT2D eigenvalue weighted by Gasteiger charge is 2.44. The zero-order valence-corrected chi connectivity index (χ0v) is 10.7. The Labute approximate surface area is 114 Å². The van der Waals surface area contributed by atoms with Crippen molar-refractivity contribution in [2.45, 2.75) is 24.5 Å². The summed E-state index contributed by atoms with van der Waals surface area (Å²) in [5.41, 5.74) is 4.41. The van der Waals surface area contributed by atoms with Gasteiger partial charge in [0.25, 0.3) is 0 Å². The summed E-state index contributed by atoms with van der Waals surface area (Å²) in [6.45, 7) is -0.442. The van der Waals surface area contributed by atoms with E-state index in [-0.39, 0.29) is 5.95 Å². The van der Waals surface area contributed by atoms with Gasteiger partial charge in [0.15, 0.2) is 6.23 Å². The van der Waals surface area contributed by atoms with Gasteiger partial charge in [-0.2, -0.15) is 9.19 Å². The van der Waals surface area contributed by atoms with Gasteiger partial charge in [-0.25, -0.2) is 9.78 Å². The number of aliphatic hydroxyl groups is 2. The zero-order valence-electron chi connectivity index (χ0n) is 9.90. The number of nitrogens with zero attached hydrogens (tertiary/aromatic N) is 3. The van der Waals surface area contributed by atoms with Crippen molar-refractivity contribution in [2.75, 3.05) is 12.3 Å². The molecule has 1 aliphatic heterocycles. The van der Waals surface area contributed by atoms with Crippen LogP contribution in [0, 0.1) is 0 Å². The lowest BCUT2D eigenvalue weighted by molar-refractivity contribution is -0.0515. The monoisotopic (exact) mass is 308 g/mol. The number of rotatable bonds is 4. The lowest BCUT2D eigenvalue weighted by Crippen LogP contribution is -2.36. The summed E-state index contributed by atoms with van der Waals surface area (Å²) in [6.07, 6.45) is -4.19. The summed E-state index contributed by atoms with van der Waals surface area (Å²) in [4.78, 5) is 18.5. The highest BCUT2D eigenvalue weighted by atomic mass is 32.2. The molecule has 1 unspecified atom stereocenters.